The van der Waals surface area contributed by atoms with Gasteiger partial charge in [0, 0.05) is 11.1 Å². The number of sulfonamides is 1. The zero-order valence-corrected chi connectivity index (χ0v) is 17.4. The molecule has 0 spiro atoms. The van der Waals surface area contributed by atoms with Crippen LogP contribution < -0.4 is 9.62 Å². The number of hydrogen-bond acceptors (Lipinski definition) is 3. The highest BCUT2D eigenvalue weighted by molar-refractivity contribution is 7.92. The molecule has 0 saturated carbocycles. The van der Waals surface area contributed by atoms with Crippen molar-refractivity contribution in [1.82, 2.24) is 0 Å². The van der Waals surface area contributed by atoms with Crippen LogP contribution in [0.2, 0.25) is 0 Å². The molecule has 5 nitrogen and oxygen atoms in total. The van der Waals surface area contributed by atoms with Gasteiger partial charge in [-0.05, 0) is 59.5 Å². The minimum Gasteiger partial charge on any atom is -0.324 e. The zero-order chi connectivity index (χ0) is 20.6. The van der Waals surface area contributed by atoms with Gasteiger partial charge in [0.25, 0.3) is 0 Å². The molecule has 0 fully saturated rings. The molecule has 0 aliphatic heterocycles. The fourth-order valence-electron chi connectivity index (χ4n) is 3.97. The number of carbonyl (C=O) groups is 1. The van der Waals surface area contributed by atoms with Gasteiger partial charge in [0.05, 0.1) is 11.9 Å². The van der Waals surface area contributed by atoms with Crippen LogP contribution in [0, 0.1) is 0 Å². The maximum atomic E-state index is 12.8. The molecule has 0 radical (unpaired) electrons. The summed E-state index contributed by atoms with van der Waals surface area (Å²) in [6.07, 6.45) is 4.01. The van der Waals surface area contributed by atoms with Crippen LogP contribution in [0.3, 0.4) is 0 Å². The molecule has 3 aromatic carbocycles. The number of amides is 1. The van der Waals surface area contributed by atoms with Crippen molar-refractivity contribution in [3.63, 3.8) is 0 Å². The number of anilines is 2. The van der Waals surface area contributed by atoms with E-state index in [4.69, 9.17) is 0 Å². The molecule has 0 atom stereocenters. The second-order valence-electron chi connectivity index (χ2n) is 7.45. The summed E-state index contributed by atoms with van der Waals surface area (Å²) in [7, 11) is -3.60. The van der Waals surface area contributed by atoms with E-state index in [1.54, 1.807) is 12.1 Å². The van der Waals surface area contributed by atoms with Crippen LogP contribution in [-0.2, 0) is 34.1 Å². The van der Waals surface area contributed by atoms with E-state index in [1.165, 1.54) is 16.5 Å². The number of nitrogens with one attached hydrogen (secondary N) is 1. The van der Waals surface area contributed by atoms with Crippen LogP contribution >= 0.6 is 0 Å². The lowest BCUT2D eigenvalue weighted by molar-refractivity contribution is -0.114. The van der Waals surface area contributed by atoms with E-state index in [1.807, 2.05) is 43.3 Å². The number of aryl methyl sites for hydroxylation is 3. The minimum atomic E-state index is -3.60. The third-order valence-corrected chi connectivity index (χ3v) is 6.61. The predicted molar refractivity (Wildman–Crippen MR) is 118 cm³/mol. The van der Waals surface area contributed by atoms with E-state index >= 15 is 0 Å². The summed E-state index contributed by atoms with van der Waals surface area (Å²) in [6, 6.07) is 17.3. The first-order valence-corrected chi connectivity index (χ1v) is 11.6. The van der Waals surface area contributed by atoms with Gasteiger partial charge in [-0.2, -0.15) is 0 Å². The summed E-state index contributed by atoms with van der Waals surface area (Å²) < 4.78 is 25.8. The third kappa shape index (κ3) is 3.85. The summed E-state index contributed by atoms with van der Waals surface area (Å²) in [5, 5.41) is 5.13. The Labute approximate surface area is 171 Å². The minimum absolute atomic E-state index is 0.271. The number of benzene rings is 3. The summed E-state index contributed by atoms with van der Waals surface area (Å²) in [4.78, 5) is 12.8. The van der Waals surface area contributed by atoms with Crippen LogP contribution in [0.4, 0.5) is 11.4 Å². The maximum absolute atomic E-state index is 12.8. The van der Waals surface area contributed by atoms with Crippen molar-refractivity contribution in [2.45, 2.75) is 26.2 Å². The monoisotopic (exact) mass is 408 g/mol. The van der Waals surface area contributed by atoms with Crippen molar-refractivity contribution >= 4 is 38.1 Å². The Morgan fingerprint density at radius 1 is 1.00 bits per heavy atom. The lowest BCUT2D eigenvalue weighted by atomic mass is 10.0. The first kappa shape index (κ1) is 19.5. The van der Waals surface area contributed by atoms with Gasteiger partial charge < -0.3 is 5.32 Å². The predicted octanol–water partition coefficient (Wildman–Crippen LogP) is 3.91. The van der Waals surface area contributed by atoms with E-state index in [2.05, 4.69) is 11.4 Å². The van der Waals surface area contributed by atoms with Crippen molar-refractivity contribution < 1.29 is 13.2 Å². The van der Waals surface area contributed by atoms with Gasteiger partial charge in [-0.15, -0.1) is 0 Å². The van der Waals surface area contributed by atoms with Gasteiger partial charge in [0.2, 0.25) is 15.9 Å². The van der Waals surface area contributed by atoms with Crippen LogP contribution in [0.25, 0.3) is 10.8 Å². The summed E-state index contributed by atoms with van der Waals surface area (Å²) >= 11 is 0. The van der Waals surface area contributed by atoms with Gasteiger partial charge in [0.15, 0.2) is 0 Å². The topological polar surface area (TPSA) is 66.5 Å². The quantitative estimate of drug-likeness (QED) is 0.673. The zero-order valence-electron chi connectivity index (χ0n) is 16.6. The molecule has 0 unspecified atom stereocenters. The van der Waals surface area contributed by atoms with Crippen molar-refractivity contribution in [1.29, 1.82) is 0 Å². The second kappa shape index (κ2) is 7.52. The molecular weight excluding hydrogens is 384 g/mol. The molecule has 0 heterocycles. The average molecular weight is 409 g/mol. The second-order valence-corrected chi connectivity index (χ2v) is 9.36. The largest absolute Gasteiger partial charge is 0.324 e. The average Bonchev–Trinajstić information content (AvgIpc) is 3.12. The van der Waals surface area contributed by atoms with E-state index < -0.39 is 10.0 Å². The molecule has 4 rings (SSSR count). The van der Waals surface area contributed by atoms with Crippen LogP contribution in [0.5, 0.6) is 0 Å². The number of rotatable bonds is 6. The van der Waals surface area contributed by atoms with Crippen LogP contribution in [0.1, 0.15) is 23.6 Å². The Kier molecular flexibility index (Phi) is 5.04. The molecule has 0 bridgehead atoms. The SMILES string of the molecule is CCc1ccc(N(CC(=O)Nc2ccc3c4c(cccc24)CC3)S(C)(=O)=O)cc1. The molecule has 1 N–H and O–H groups in total. The van der Waals surface area contributed by atoms with Gasteiger partial charge in [0.1, 0.15) is 6.54 Å². The van der Waals surface area contributed by atoms with E-state index in [-0.39, 0.29) is 12.5 Å². The van der Waals surface area contributed by atoms with Crippen molar-refractivity contribution in [2.24, 2.45) is 0 Å². The normalized spacial score (nSPS) is 12.9. The molecular formula is C23H24N2O3S. The fraction of sp³-hybridized carbons (Fsp3) is 0.261. The number of nitrogens with zero attached hydrogens (tertiary/aromatic N) is 1. The highest BCUT2D eigenvalue weighted by Gasteiger charge is 2.22. The Hall–Kier alpha value is -2.86. The highest BCUT2D eigenvalue weighted by atomic mass is 32.2. The molecule has 6 heteroatoms. The van der Waals surface area contributed by atoms with Crippen molar-refractivity contribution in [3.05, 3.63) is 71.3 Å². The molecule has 0 saturated heterocycles. The number of carbonyl (C=O) groups excluding carboxylic acids is 1. The third-order valence-electron chi connectivity index (χ3n) is 5.47. The Bertz CT molecular complexity index is 1170. The summed E-state index contributed by atoms with van der Waals surface area (Å²) in [5.41, 5.74) is 4.90. The lowest BCUT2D eigenvalue weighted by Crippen LogP contribution is -2.37. The molecule has 3 aromatic rings. The first-order chi connectivity index (χ1) is 13.9. The van der Waals surface area contributed by atoms with Crippen molar-refractivity contribution in [2.75, 3.05) is 22.4 Å². The Morgan fingerprint density at radius 2 is 1.69 bits per heavy atom. The van der Waals surface area contributed by atoms with Crippen molar-refractivity contribution in [3.8, 4) is 0 Å². The summed E-state index contributed by atoms with van der Waals surface area (Å²) in [5.74, 6) is -0.367. The van der Waals surface area contributed by atoms with Crippen LogP contribution in [-0.4, -0.2) is 27.1 Å². The number of hydrogen-bond donors (Lipinski definition) is 1. The Morgan fingerprint density at radius 3 is 2.34 bits per heavy atom. The smallest absolute Gasteiger partial charge is 0.245 e. The van der Waals surface area contributed by atoms with Gasteiger partial charge in [-0.3, -0.25) is 9.10 Å². The molecule has 1 amide bonds. The maximum Gasteiger partial charge on any atom is 0.245 e. The molecule has 150 valence electrons. The summed E-state index contributed by atoms with van der Waals surface area (Å²) in [6.45, 7) is 1.77. The van der Waals surface area contributed by atoms with Gasteiger partial charge in [-0.25, -0.2) is 8.42 Å². The molecule has 1 aliphatic rings. The van der Waals surface area contributed by atoms with Crippen LogP contribution in [0.15, 0.2) is 54.6 Å². The Balaban J connectivity index is 1.60. The first-order valence-electron chi connectivity index (χ1n) is 9.77. The standard InChI is InChI=1S/C23H24N2O3S/c1-3-16-7-12-19(13-8-16)25(29(2,27)28)15-22(26)24-21-14-11-18-10-9-17-5-4-6-20(21)23(17)18/h4-8,11-14H,3,9-10,15H2,1-2H3,(H,24,26). The van der Waals surface area contributed by atoms with E-state index in [9.17, 15) is 13.2 Å². The van der Waals surface area contributed by atoms with Gasteiger partial charge >= 0.3 is 0 Å². The fourth-order valence-corrected chi connectivity index (χ4v) is 4.83. The highest BCUT2D eigenvalue weighted by Crippen LogP contribution is 2.35. The molecule has 0 aromatic heterocycles. The molecule has 29 heavy (non-hydrogen) atoms. The van der Waals surface area contributed by atoms with E-state index in [0.29, 0.717) is 11.4 Å². The van der Waals surface area contributed by atoms with E-state index in [0.717, 1.165) is 40.8 Å². The van der Waals surface area contributed by atoms with Gasteiger partial charge in [-0.1, -0.05) is 43.3 Å². The lowest BCUT2D eigenvalue weighted by Gasteiger charge is -2.22. The molecule has 1 aliphatic carbocycles.